The average Bonchev–Trinajstić information content (AvgIpc) is 3.04. The van der Waals surface area contributed by atoms with Crippen molar-refractivity contribution in [2.75, 3.05) is 19.7 Å². The van der Waals surface area contributed by atoms with E-state index >= 15 is 0 Å². The molecule has 1 fully saturated rings. The minimum absolute atomic E-state index is 0.123. The molecule has 6 heteroatoms. The number of fused-ring (bicyclic) bond motifs is 2. The molecule has 1 spiro atoms. The van der Waals surface area contributed by atoms with Crippen LogP contribution in [-0.2, 0) is 16.8 Å². The van der Waals surface area contributed by atoms with E-state index < -0.39 is 0 Å². The quantitative estimate of drug-likeness (QED) is 0.797. The second kappa shape index (κ2) is 5.86. The van der Waals surface area contributed by atoms with Crippen LogP contribution in [0.3, 0.4) is 0 Å². The van der Waals surface area contributed by atoms with E-state index in [0.717, 1.165) is 25.9 Å². The Balaban J connectivity index is 1.53. The van der Waals surface area contributed by atoms with Gasteiger partial charge in [0.2, 0.25) is 0 Å². The van der Waals surface area contributed by atoms with Crippen LogP contribution in [0.1, 0.15) is 39.6 Å². The lowest BCUT2D eigenvalue weighted by molar-refractivity contribution is -0.0908. The van der Waals surface area contributed by atoms with Crippen LogP contribution >= 0.6 is 11.3 Å². The van der Waals surface area contributed by atoms with Crippen molar-refractivity contribution in [2.45, 2.75) is 31.8 Å². The minimum atomic E-state index is -0.244. The van der Waals surface area contributed by atoms with E-state index in [1.165, 1.54) is 22.6 Å². The van der Waals surface area contributed by atoms with E-state index in [-0.39, 0.29) is 22.7 Å². The van der Waals surface area contributed by atoms with E-state index in [1.54, 1.807) is 23.2 Å². The maximum absolute atomic E-state index is 12.6. The van der Waals surface area contributed by atoms with Gasteiger partial charge < -0.3 is 14.1 Å². The van der Waals surface area contributed by atoms with Crippen LogP contribution in [0, 0.1) is 6.92 Å². The third kappa shape index (κ3) is 2.59. The van der Waals surface area contributed by atoms with Gasteiger partial charge in [-0.3, -0.25) is 9.59 Å². The summed E-state index contributed by atoms with van der Waals surface area (Å²) in [6.45, 7) is 3.63. The Bertz CT molecular complexity index is 830. The molecule has 0 N–H and O–H groups in total. The largest absolute Gasteiger partial charge is 0.456 e. The smallest absolute Gasteiger partial charge is 0.289 e. The molecule has 4 rings (SSSR count). The Hall–Kier alpha value is -1.92. The van der Waals surface area contributed by atoms with Gasteiger partial charge in [-0.25, -0.2) is 0 Å². The fourth-order valence-corrected chi connectivity index (χ4v) is 4.83. The predicted octanol–water partition coefficient (Wildman–Crippen LogP) is 2.71. The van der Waals surface area contributed by atoms with Crippen molar-refractivity contribution in [2.24, 2.45) is 0 Å². The van der Waals surface area contributed by atoms with Crippen LogP contribution < -0.4 is 5.43 Å². The van der Waals surface area contributed by atoms with Gasteiger partial charge in [0.05, 0.1) is 6.61 Å². The normalized spacial score (nSPS) is 19.3. The van der Waals surface area contributed by atoms with E-state index in [9.17, 15) is 9.59 Å². The molecule has 126 valence electrons. The topological polar surface area (TPSA) is 59.8 Å². The lowest BCUT2D eigenvalue weighted by Gasteiger charge is -2.43. The van der Waals surface area contributed by atoms with Crippen molar-refractivity contribution in [3.63, 3.8) is 0 Å². The van der Waals surface area contributed by atoms with Gasteiger partial charge in [-0.1, -0.05) is 0 Å². The third-order valence-electron chi connectivity index (χ3n) is 4.87. The van der Waals surface area contributed by atoms with Gasteiger partial charge in [-0.15, -0.1) is 11.3 Å². The van der Waals surface area contributed by atoms with Crippen LogP contribution in [0.15, 0.2) is 32.8 Å². The summed E-state index contributed by atoms with van der Waals surface area (Å²) in [5.74, 6) is 0.364. The van der Waals surface area contributed by atoms with Crippen LogP contribution in [-0.4, -0.2) is 30.5 Å². The van der Waals surface area contributed by atoms with Crippen molar-refractivity contribution in [1.82, 2.24) is 4.90 Å². The molecule has 24 heavy (non-hydrogen) atoms. The number of carbonyl (C=O) groups excluding carboxylic acids is 1. The molecule has 0 bridgehead atoms. The molecule has 2 aliphatic rings. The first kappa shape index (κ1) is 15.6. The van der Waals surface area contributed by atoms with Gasteiger partial charge in [-0.05, 0) is 43.2 Å². The summed E-state index contributed by atoms with van der Waals surface area (Å²) in [6.07, 6.45) is 2.53. The second-order valence-electron chi connectivity index (χ2n) is 6.43. The zero-order chi connectivity index (χ0) is 16.7. The number of ether oxygens (including phenoxy) is 1. The summed E-state index contributed by atoms with van der Waals surface area (Å²) >= 11 is 1.75. The van der Waals surface area contributed by atoms with E-state index in [0.29, 0.717) is 18.8 Å². The number of amides is 1. The fourth-order valence-electron chi connectivity index (χ4n) is 3.66. The van der Waals surface area contributed by atoms with Crippen molar-refractivity contribution < 1.29 is 13.9 Å². The van der Waals surface area contributed by atoms with Gasteiger partial charge in [0.1, 0.15) is 11.4 Å². The molecule has 1 saturated heterocycles. The summed E-state index contributed by atoms with van der Waals surface area (Å²) in [7, 11) is 0. The van der Waals surface area contributed by atoms with Crippen molar-refractivity contribution in [3.05, 3.63) is 55.8 Å². The molecular formula is C18H19NO4S. The number of hydrogen-bond acceptors (Lipinski definition) is 5. The number of hydrogen-bond donors (Lipinski definition) is 0. The van der Waals surface area contributed by atoms with Gasteiger partial charge in [0.25, 0.3) is 5.91 Å². The molecule has 0 atom stereocenters. The Morgan fingerprint density at radius 1 is 1.29 bits per heavy atom. The summed E-state index contributed by atoms with van der Waals surface area (Å²) in [5.41, 5.74) is 0.941. The summed E-state index contributed by atoms with van der Waals surface area (Å²) in [6, 6.07) is 4.84. The van der Waals surface area contributed by atoms with Crippen LogP contribution in [0.2, 0.25) is 0 Å². The highest BCUT2D eigenvalue weighted by Gasteiger charge is 2.42. The molecule has 0 saturated carbocycles. The Kier molecular flexibility index (Phi) is 3.81. The number of likely N-dealkylation sites (tertiary alicyclic amines) is 1. The Labute approximate surface area is 143 Å². The molecule has 1 amide bonds. The first-order valence-electron chi connectivity index (χ1n) is 8.19. The molecule has 4 heterocycles. The standard InChI is InChI=1S/C18H19NO4S/c1-12-10-14(20)11-15(23-12)17(21)19-6-4-18(5-7-19)16-13(2-8-22-18)3-9-24-16/h3,9-11H,2,4-8H2,1H3. The van der Waals surface area contributed by atoms with Gasteiger partial charge >= 0.3 is 0 Å². The summed E-state index contributed by atoms with van der Waals surface area (Å²) in [5, 5.41) is 2.13. The van der Waals surface area contributed by atoms with Gasteiger partial charge in [0, 0.05) is 30.1 Å². The highest BCUT2D eigenvalue weighted by atomic mass is 32.1. The molecular weight excluding hydrogens is 326 g/mol. The zero-order valence-electron chi connectivity index (χ0n) is 13.5. The number of thiophene rings is 1. The summed E-state index contributed by atoms with van der Waals surface area (Å²) < 4.78 is 11.6. The Morgan fingerprint density at radius 2 is 2.08 bits per heavy atom. The third-order valence-corrected chi connectivity index (χ3v) is 6.01. The maximum Gasteiger partial charge on any atom is 0.289 e. The molecule has 0 radical (unpaired) electrons. The highest BCUT2D eigenvalue weighted by Crippen LogP contribution is 2.44. The number of nitrogens with zero attached hydrogens (tertiary/aromatic N) is 1. The van der Waals surface area contributed by atoms with E-state index in [1.807, 2.05) is 0 Å². The molecule has 2 aliphatic heterocycles. The molecule has 0 aliphatic carbocycles. The fraction of sp³-hybridized carbons (Fsp3) is 0.444. The highest BCUT2D eigenvalue weighted by molar-refractivity contribution is 7.10. The second-order valence-corrected chi connectivity index (χ2v) is 7.34. The monoisotopic (exact) mass is 345 g/mol. The van der Waals surface area contributed by atoms with E-state index in [4.69, 9.17) is 9.15 Å². The van der Waals surface area contributed by atoms with Gasteiger partial charge in [-0.2, -0.15) is 0 Å². The molecule has 2 aromatic rings. The zero-order valence-corrected chi connectivity index (χ0v) is 14.4. The average molecular weight is 345 g/mol. The van der Waals surface area contributed by atoms with Crippen molar-refractivity contribution in [3.8, 4) is 0 Å². The maximum atomic E-state index is 12.6. The number of piperidine rings is 1. The molecule has 0 aromatic carbocycles. The lowest BCUT2D eigenvalue weighted by Crippen LogP contribution is -2.48. The van der Waals surface area contributed by atoms with Gasteiger partial charge in [0.15, 0.2) is 11.2 Å². The first-order valence-corrected chi connectivity index (χ1v) is 9.07. The number of rotatable bonds is 1. The first-order chi connectivity index (χ1) is 11.6. The molecule has 2 aromatic heterocycles. The molecule has 0 unspecified atom stereocenters. The van der Waals surface area contributed by atoms with Crippen LogP contribution in [0.5, 0.6) is 0 Å². The lowest BCUT2D eigenvalue weighted by atomic mass is 9.85. The molecule has 5 nitrogen and oxygen atoms in total. The number of carbonyl (C=O) groups is 1. The minimum Gasteiger partial charge on any atom is -0.456 e. The van der Waals surface area contributed by atoms with Crippen molar-refractivity contribution >= 4 is 17.2 Å². The van der Waals surface area contributed by atoms with E-state index in [2.05, 4.69) is 11.4 Å². The Morgan fingerprint density at radius 3 is 2.83 bits per heavy atom. The van der Waals surface area contributed by atoms with Crippen LogP contribution in [0.4, 0.5) is 0 Å². The number of aryl methyl sites for hydroxylation is 1. The summed E-state index contributed by atoms with van der Waals surface area (Å²) in [4.78, 5) is 27.3. The predicted molar refractivity (Wildman–Crippen MR) is 90.5 cm³/mol. The SMILES string of the molecule is Cc1cc(=O)cc(C(=O)N2CCC3(CC2)OCCc2ccsc23)o1. The van der Waals surface area contributed by atoms with Crippen molar-refractivity contribution in [1.29, 1.82) is 0 Å². The van der Waals surface area contributed by atoms with Crippen LogP contribution in [0.25, 0.3) is 0 Å².